The zero-order valence-electron chi connectivity index (χ0n) is 18.9. The van der Waals surface area contributed by atoms with Crippen molar-refractivity contribution in [2.24, 2.45) is 0 Å². The first kappa shape index (κ1) is 24.1. The van der Waals surface area contributed by atoms with Crippen molar-refractivity contribution in [1.82, 2.24) is 10.2 Å². The molecule has 2 rings (SSSR count). The summed E-state index contributed by atoms with van der Waals surface area (Å²) in [7, 11) is 6.36. The molecule has 0 spiro atoms. The summed E-state index contributed by atoms with van der Waals surface area (Å²) >= 11 is 0. The number of hydrogen-bond acceptors (Lipinski definition) is 5. The highest BCUT2D eigenvalue weighted by atomic mass is 16.5. The topological polar surface area (TPSA) is 77.1 Å². The van der Waals surface area contributed by atoms with Crippen molar-refractivity contribution in [3.05, 3.63) is 53.6 Å². The van der Waals surface area contributed by atoms with E-state index in [4.69, 9.17) is 14.2 Å². The Morgan fingerprint density at radius 1 is 0.935 bits per heavy atom. The van der Waals surface area contributed by atoms with E-state index in [9.17, 15) is 9.59 Å². The maximum atomic E-state index is 13.2. The molecule has 0 saturated carbocycles. The van der Waals surface area contributed by atoms with E-state index in [1.54, 1.807) is 33.3 Å². The fraction of sp³-hybridized carbons (Fsp3) is 0.417. The monoisotopic (exact) mass is 428 g/mol. The molecule has 0 aliphatic heterocycles. The lowest BCUT2D eigenvalue weighted by Gasteiger charge is -2.30. The number of nitrogens with zero attached hydrogens (tertiary/aromatic N) is 1. The molecule has 2 aromatic rings. The van der Waals surface area contributed by atoms with Gasteiger partial charge in [0.2, 0.25) is 11.8 Å². The number of amides is 2. The fourth-order valence-corrected chi connectivity index (χ4v) is 3.44. The Morgan fingerprint density at radius 2 is 1.58 bits per heavy atom. The lowest BCUT2D eigenvalue weighted by Crippen LogP contribution is -2.48. The van der Waals surface area contributed by atoms with E-state index in [-0.39, 0.29) is 18.2 Å². The average molecular weight is 429 g/mol. The van der Waals surface area contributed by atoms with Gasteiger partial charge in [0.15, 0.2) is 11.5 Å². The van der Waals surface area contributed by atoms with Crippen LogP contribution in [0.25, 0.3) is 0 Å². The maximum Gasteiger partial charge on any atom is 0.242 e. The Balaban J connectivity index is 2.19. The first-order valence-electron chi connectivity index (χ1n) is 10.3. The van der Waals surface area contributed by atoms with E-state index >= 15 is 0 Å². The molecule has 0 aliphatic carbocycles. The van der Waals surface area contributed by atoms with Crippen LogP contribution in [0.15, 0.2) is 42.5 Å². The summed E-state index contributed by atoms with van der Waals surface area (Å²) in [5.41, 5.74) is 1.89. The molecule has 168 valence electrons. The molecular weight excluding hydrogens is 396 g/mol. The summed E-state index contributed by atoms with van der Waals surface area (Å²) in [5.74, 6) is 1.76. The van der Waals surface area contributed by atoms with Crippen LogP contribution in [0.4, 0.5) is 0 Å². The van der Waals surface area contributed by atoms with Crippen LogP contribution in [0.3, 0.4) is 0 Å². The smallest absolute Gasteiger partial charge is 0.242 e. The minimum Gasteiger partial charge on any atom is -0.497 e. The van der Waals surface area contributed by atoms with Gasteiger partial charge < -0.3 is 24.4 Å². The number of hydrogen-bond donors (Lipinski definition) is 1. The number of likely N-dealkylation sites (N-methyl/N-ethyl adjacent to an activating group) is 1. The Hall–Kier alpha value is -3.22. The van der Waals surface area contributed by atoms with E-state index in [0.717, 1.165) is 16.9 Å². The van der Waals surface area contributed by atoms with Gasteiger partial charge in [0.1, 0.15) is 11.8 Å². The van der Waals surface area contributed by atoms with Crippen LogP contribution < -0.4 is 19.5 Å². The number of rotatable bonds is 11. The standard InChI is InChI=1S/C24H32N2O5/c1-6-20(24(28)25-2)26(16-18-7-11-19(29-3)12-8-18)23(27)14-10-17-9-13-21(30-4)22(15-17)31-5/h7-9,11-13,15,20H,6,10,14,16H2,1-5H3,(H,25,28)/t20-/m1/s1. The number of nitrogens with one attached hydrogen (secondary N) is 1. The SMILES string of the molecule is CC[C@H](C(=O)NC)N(Cc1ccc(OC)cc1)C(=O)CCc1ccc(OC)c(OC)c1. The van der Waals surface area contributed by atoms with Gasteiger partial charge in [-0.05, 0) is 48.2 Å². The van der Waals surface area contributed by atoms with Crippen LogP contribution in [0.2, 0.25) is 0 Å². The van der Waals surface area contributed by atoms with E-state index in [1.807, 2.05) is 49.4 Å². The number of carbonyl (C=O) groups is 2. The van der Waals surface area contributed by atoms with Gasteiger partial charge in [-0.15, -0.1) is 0 Å². The van der Waals surface area contributed by atoms with E-state index in [2.05, 4.69) is 5.32 Å². The Morgan fingerprint density at radius 3 is 2.13 bits per heavy atom. The largest absolute Gasteiger partial charge is 0.497 e. The first-order valence-corrected chi connectivity index (χ1v) is 10.3. The predicted molar refractivity (Wildman–Crippen MR) is 120 cm³/mol. The highest BCUT2D eigenvalue weighted by molar-refractivity contribution is 5.87. The Bertz CT molecular complexity index is 867. The van der Waals surface area contributed by atoms with Crippen molar-refractivity contribution in [2.75, 3.05) is 28.4 Å². The molecule has 0 unspecified atom stereocenters. The summed E-state index contributed by atoms with van der Waals surface area (Å²) < 4.78 is 15.8. The molecule has 2 aromatic carbocycles. The van der Waals surface area contributed by atoms with Crippen molar-refractivity contribution in [3.63, 3.8) is 0 Å². The molecule has 0 aromatic heterocycles. The minimum absolute atomic E-state index is 0.0824. The molecule has 7 heteroatoms. The molecule has 0 bridgehead atoms. The molecule has 0 aliphatic rings. The van der Waals surface area contributed by atoms with Crippen LogP contribution >= 0.6 is 0 Å². The molecule has 2 amide bonds. The predicted octanol–water partition coefficient (Wildman–Crippen LogP) is 3.20. The lowest BCUT2D eigenvalue weighted by molar-refractivity contribution is -0.141. The zero-order chi connectivity index (χ0) is 22.8. The van der Waals surface area contributed by atoms with Gasteiger partial charge in [0.25, 0.3) is 0 Å². The number of aryl methyl sites for hydroxylation is 1. The van der Waals surface area contributed by atoms with Crippen LogP contribution in [0, 0.1) is 0 Å². The van der Waals surface area contributed by atoms with Gasteiger partial charge in [-0.1, -0.05) is 25.1 Å². The summed E-state index contributed by atoms with van der Waals surface area (Å²) in [4.78, 5) is 27.3. The molecule has 1 N–H and O–H groups in total. The van der Waals surface area contributed by atoms with Gasteiger partial charge in [-0.25, -0.2) is 0 Å². The summed E-state index contributed by atoms with van der Waals surface area (Å²) in [6.07, 6.45) is 1.33. The van der Waals surface area contributed by atoms with Gasteiger partial charge in [-0.3, -0.25) is 9.59 Å². The van der Waals surface area contributed by atoms with Gasteiger partial charge in [-0.2, -0.15) is 0 Å². The van der Waals surface area contributed by atoms with Crippen LogP contribution in [-0.4, -0.2) is 51.1 Å². The molecule has 0 radical (unpaired) electrons. The van der Waals surface area contributed by atoms with E-state index in [1.165, 1.54) is 0 Å². The van der Waals surface area contributed by atoms with E-state index < -0.39 is 6.04 Å². The van der Waals surface area contributed by atoms with Crippen molar-refractivity contribution < 1.29 is 23.8 Å². The second-order valence-electron chi connectivity index (χ2n) is 7.10. The molecule has 7 nitrogen and oxygen atoms in total. The number of ether oxygens (including phenoxy) is 3. The fourth-order valence-electron chi connectivity index (χ4n) is 3.44. The normalized spacial score (nSPS) is 11.4. The Labute approximate surface area is 184 Å². The van der Waals surface area contributed by atoms with E-state index in [0.29, 0.717) is 30.9 Å². The summed E-state index contributed by atoms with van der Waals surface area (Å²) in [5, 5.41) is 2.67. The van der Waals surface area contributed by atoms with Crippen molar-refractivity contribution in [1.29, 1.82) is 0 Å². The first-order chi connectivity index (χ1) is 15.0. The molecule has 0 saturated heterocycles. The second kappa shape index (κ2) is 11.8. The zero-order valence-corrected chi connectivity index (χ0v) is 18.9. The number of methoxy groups -OCH3 is 3. The van der Waals surface area contributed by atoms with Crippen LogP contribution in [0.5, 0.6) is 17.2 Å². The lowest BCUT2D eigenvalue weighted by atomic mass is 10.1. The quantitative estimate of drug-likeness (QED) is 0.595. The highest BCUT2D eigenvalue weighted by Gasteiger charge is 2.27. The summed E-state index contributed by atoms with van der Waals surface area (Å²) in [6.45, 7) is 2.25. The second-order valence-corrected chi connectivity index (χ2v) is 7.10. The number of benzene rings is 2. The average Bonchev–Trinajstić information content (AvgIpc) is 2.82. The molecule has 31 heavy (non-hydrogen) atoms. The maximum absolute atomic E-state index is 13.2. The Kier molecular flexibility index (Phi) is 9.18. The molecule has 1 atom stereocenters. The molecule has 0 fully saturated rings. The van der Waals surface area contributed by atoms with Crippen molar-refractivity contribution >= 4 is 11.8 Å². The van der Waals surface area contributed by atoms with Crippen molar-refractivity contribution in [3.8, 4) is 17.2 Å². The van der Waals surface area contributed by atoms with Gasteiger partial charge in [0, 0.05) is 20.0 Å². The van der Waals surface area contributed by atoms with Gasteiger partial charge >= 0.3 is 0 Å². The van der Waals surface area contributed by atoms with Gasteiger partial charge in [0.05, 0.1) is 21.3 Å². The van der Waals surface area contributed by atoms with Crippen LogP contribution in [-0.2, 0) is 22.6 Å². The summed E-state index contributed by atoms with van der Waals surface area (Å²) in [6, 6.07) is 12.6. The third-order valence-electron chi connectivity index (χ3n) is 5.22. The number of carbonyl (C=O) groups excluding carboxylic acids is 2. The highest BCUT2D eigenvalue weighted by Crippen LogP contribution is 2.28. The third-order valence-corrected chi connectivity index (χ3v) is 5.22. The van der Waals surface area contributed by atoms with Crippen LogP contribution in [0.1, 0.15) is 30.9 Å². The molecular formula is C24H32N2O5. The third kappa shape index (κ3) is 6.38. The molecule has 0 heterocycles. The van der Waals surface area contributed by atoms with Crippen molar-refractivity contribution in [2.45, 2.75) is 38.8 Å². The minimum atomic E-state index is -0.537.